The first-order valence-electron chi connectivity index (χ1n) is 15.8. The molecule has 9 rings (SSSR count). The Bertz CT molecular complexity index is 1790. The standard InChI is InChI=1S/C20H14N4.4C6H6/c1-2-14-10-16-5-6-18(23-16)12-20-8-7-19(24-20)11-17-4-3-15(22-17)9-13(1)21-14;4*1-2-4-6-5-3-1/h1-12,21-22H;4*1-6H. The van der Waals surface area contributed by atoms with Crippen LogP contribution in [0.1, 0.15) is 22.8 Å². The average Bonchev–Trinajstić information content (AvgIpc) is 4.00. The second kappa shape index (κ2) is 19.1. The highest BCUT2D eigenvalue weighted by molar-refractivity contribution is 5.77. The maximum Gasteiger partial charge on any atom is 0.0659 e. The Morgan fingerprint density at radius 1 is 0.250 bits per heavy atom. The van der Waals surface area contributed by atoms with E-state index in [9.17, 15) is 0 Å². The Morgan fingerprint density at radius 3 is 0.708 bits per heavy atom. The molecular weight excluding hydrogens is 585 g/mol. The lowest BCUT2D eigenvalue weighted by Crippen LogP contribution is -1.77. The minimum atomic E-state index is 0.915. The van der Waals surface area contributed by atoms with Crippen molar-refractivity contribution >= 4 is 46.4 Å². The molecule has 0 spiro atoms. The number of benzene rings is 4. The highest BCUT2D eigenvalue weighted by atomic mass is 14.8. The van der Waals surface area contributed by atoms with Gasteiger partial charge in [-0.3, -0.25) is 0 Å². The Hall–Kier alpha value is -6.52. The molecule has 0 saturated heterocycles. The summed E-state index contributed by atoms with van der Waals surface area (Å²) in [4.78, 5) is 16.0. The first-order chi connectivity index (χ1) is 23.8. The van der Waals surface area contributed by atoms with Gasteiger partial charge in [0.15, 0.2) is 0 Å². The number of hydrogen-bond donors (Lipinski definition) is 2. The van der Waals surface area contributed by atoms with Crippen molar-refractivity contribution in [2.24, 2.45) is 0 Å². The number of hydrogen-bond acceptors (Lipinski definition) is 2. The van der Waals surface area contributed by atoms with E-state index in [4.69, 9.17) is 0 Å². The van der Waals surface area contributed by atoms with E-state index in [2.05, 4.69) is 50.3 Å². The van der Waals surface area contributed by atoms with Crippen LogP contribution in [0.4, 0.5) is 0 Å². The molecule has 2 aliphatic rings. The van der Waals surface area contributed by atoms with Gasteiger partial charge >= 0.3 is 0 Å². The van der Waals surface area contributed by atoms with Gasteiger partial charge in [-0.25, -0.2) is 9.97 Å². The third-order valence-electron chi connectivity index (χ3n) is 6.71. The molecule has 4 nitrogen and oxygen atoms in total. The first kappa shape index (κ1) is 32.9. The van der Waals surface area contributed by atoms with Crippen molar-refractivity contribution in [1.29, 1.82) is 0 Å². The van der Waals surface area contributed by atoms with Crippen LogP contribution in [-0.2, 0) is 0 Å². The van der Waals surface area contributed by atoms with Gasteiger partial charge in [0.2, 0.25) is 0 Å². The van der Waals surface area contributed by atoms with Gasteiger partial charge in [-0.1, -0.05) is 146 Å². The summed E-state index contributed by atoms with van der Waals surface area (Å²) in [6, 6.07) is 64.4. The lowest BCUT2D eigenvalue weighted by atomic mass is 10.3. The molecule has 2 aliphatic heterocycles. The number of aromatic nitrogens is 4. The zero-order valence-corrected chi connectivity index (χ0v) is 26.7. The quantitative estimate of drug-likeness (QED) is 0.177. The molecule has 0 fully saturated rings. The van der Waals surface area contributed by atoms with Crippen molar-refractivity contribution in [3.05, 3.63) is 217 Å². The molecule has 0 unspecified atom stereocenters. The van der Waals surface area contributed by atoms with Crippen LogP contribution in [-0.4, -0.2) is 19.9 Å². The van der Waals surface area contributed by atoms with Crippen LogP contribution in [0.5, 0.6) is 0 Å². The van der Waals surface area contributed by atoms with Gasteiger partial charge in [-0.05, 0) is 72.8 Å². The molecule has 3 aromatic heterocycles. The number of rotatable bonds is 0. The maximum absolute atomic E-state index is 4.62. The van der Waals surface area contributed by atoms with Gasteiger partial charge in [-0.15, -0.1) is 0 Å². The van der Waals surface area contributed by atoms with Crippen molar-refractivity contribution in [3.8, 4) is 0 Å². The van der Waals surface area contributed by atoms with E-state index < -0.39 is 0 Å². The summed E-state index contributed by atoms with van der Waals surface area (Å²) < 4.78 is 0. The second-order valence-corrected chi connectivity index (χ2v) is 10.5. The monoisotopic (exact) mass is 622 g/mol. The summed E-state index contributed by atoms with van der Waals surface area (Å²) >= 11 is 0. The number of H-pyrrole nitrogens is 2. The molecule has 0 saturated carbocycles. The number of nitrogens with one attached hydrogen (secondary N) is 2. The predicted molar refractivity (Wildman–Crippen MR) is 205 cm³/mol. The van der Waals surface area contributed by atoms with Crippen LogP contribution in [0.15, 0.2) is 194 Å². The van der Waals surface area contributed by atoms with Gasteiger partial charge in [0, 0.05) is 22.1 Å². The molecule has 0 aliphatic carbocycles. The third-order valence-corrected chi connectivity index (χ3v) is 6.71. The molecule has 0 atom stereocenters. The summed E-state index contributed by atoms with van der Waals surface area (Å²) in [5, 5.41) is 0. The average molecular weight is 623 g/mol. The molecule has 0 amide bonds. The fourth-order valence-electron chi connectivity index (χ4n) is 4.48. The summed E-state index contributed by atoms with van der Waals surface area (Å²) in [5.41, 5.74) is 7.86. The summed E-state index contributed by atoms with van der Waals surface area (Å²) in [7, 11) is 0. The molecule has 5 heterocycles. The number of aromatic amines is 2. The summed E-state index contributed by atoms with van der Waals surface area (Å²) in [6.07, 6.45) is 8.05. The van der Waals surface area contributed by atoms with Crippen LogP contribution in [0.2, 0.25) is 0 Å². The lowest BCUT2D eigenvalue weighted by molar-refractivity contribution is 1.28. The largest absolute Gasteiger partial charge is 0.355 e. The topological polar surface area (TPSA) is 57.4 Å². The normalized spacial score (nSPS) is 10.3. The molecule has 48 heavy (non-hydrogen) atoms. The third kappa shape index (κ3) is 12.1. The minimum Gasteiger partial charge on any atom is -0.355 e. The SMILES string of the molecule is C1=Cc2cc3ccc(cc4ccc(cc5nc(cc1n2)C=C5)[nH]4)[nH]3.c1ccccc1.c1ccccc1.c1ccccc1.c1ccccc1. The molecule has 8 bridgehead atoms. The van der Waals surface area contributed by atoms with Gasteiger partial charge < -0.3 is 9.97 Å². The Kier molecular flexibility index (Phi) is 13.1. The Morgan fingerprint density at radius 2 is 0.458 bits per heavy atom. The van der Waals surface area contributed by atoms with Gasteiger partial charge in [-0.2, -0.15) is 0 Å². The molecule has 0 radical (unpaired) electrons. The van der Waals surface area contributed by atoms with Gasteiger partial charge in [0.25, 0.3) is 0 Å². The first-order valence-corrected chi connectivity index (χ1v) is 15.8. The second-order valence-electron chi connectivity index (χ2n) is 10.5. The highest BCUT2D eigenvalue weighted by Gasteiger charge is 2.02. The van der Waals surface area contributed by atoms with Crippen molar-refractivity contribution in [2.45, 2.75) is 0 Å². The Balaban J connectivity index is 0.000000151. The zero-order chi connectivity index (χ0) is 32.9. The van der Waals surface area contributed by atoms with Crippen molar-refractivity contribution in [1.82, 2.24) is 19.9 Å². The molecule has 4 aromatic carbocycles. The van der Waals surface area contributed by atoms with Crippen LogP contribution in [0.3, 0.4) is 0 Å². The number of fused-ring (bicyclic) bond motifs is 8. The summed E-state index contributed by atoms with van der Waals surface area (Å²) in [5.74, 6) is 0. The van der Waals surface area contributed by atoms with Gasteiger partial charge in [0.05, 0.1) is 22.8 Å². The fraction of sp³-hybridized carbons (Fsp3) is 0. The van der Waals surface area contributed by atoms with Crippen LogP contribution < -0.4 is 0 Å². The lowest BCUT2D eigenvalue weighted by Gasteiger charge is -1.86. The van der Waals surface area contributed by atoms with Crippen LogP contribution in [0, 0.1) is 0 Å². The van der Waals surface area contributed by atoms with E-state index in [0.717, 1.165) is 44.8 Å². The van der Waals surface area contributed by atoms with Gasteiger partial charge in [0.1, 0.15) is 0 Å². The van der Waals surface area contributed by atoms with E-state index in [0.29, 0.717) is 0 Å². The summed E-state index contributed by atoms with van der Waals surface area (Å²) in [6.45, 7) is 0. The highest BCUT2D eigenvalue weighted by Crippen LogP contribution is 2.17. The van der Waals surface area contributed by atoms with E-state index in [1.54, 1.807) is 0 Å². The smallest absolute Gasteiger partial charge is 0.0659 e. The van der Waals surface area contributed by atoms with E-state index in [1.807, 2.05) is 188 Å². The van der Waals surface area contributed by atoms with Crippen LogP contribution >= 0.6 is 0 Å². The molecule has 4 heteroatoms. The minimum absolute atomic E-state index is 0.915. The van der Waals surface area contributed by atoms with E-state index >= 15 is 0 Å². The van der Waals surface area contributed by atoms with E-state index in [-0.39, 0.29) is 0 Å². The Labute approximate surface area is 282 Å². The fourth-order valence-corrected chi connectivity index (χ4v) is 4.48. The van der Waals surface area contributed by atoms with Crippen molar-refractivity contribution < 1.29 is 0 Å². The van der Waals surface area contributed by atoms with Crippen LogP contribution in [0.25, 0.3) is 46.4 Å². The maximum atomic E-state index is 4.62. The van der Waals surface area contributed by atoms with E-state index in [1.165, 1.54) is 0 Å². The predicted octanol–water partition coefficient (Wildman–Crippen LogP) is 11.4. The molecular formula is C44H38N4. The van der Waals surface area contributed by atoms with Crippen molar-refractivity contribution in [3.63, 3.8) is 0 Å². The molecule has 7 aromatic rings. The zero-order valence-electron chi connectivity index (χ0n) is 26.7. The molecule has 234 valence electrons. The molecule has 2 N–H and O–H groups in total. The number of nitrogens with zero attached hydrogens (tertiary/aromatic N) is 2. The van der Waals surface area contributed by atoms with Crippen molar-refractivity contribution in [2.75, 3.05) is 0 Å².